The van der Waals surface area contributed by atoms with Crippen molar-refractivity contribution in [1.29, 1.82) is 0 Å². The van der Waals surface area contributed by atoms with Gasteiger partial charge in [0.15, 0.2) is 0 Å². The van der Waals surface area contributed by atoms with E-state index in [9.17, 15) is 23.3 Å². The van der Waals surface area contributed by atoms with Crippen LogP contribution < -0.4 is 0 Å². The average molecular weight is 462 g/mol. The molecular weight excluding hydrogens is 446 g/mol. The first-order valence-electron chi connectivity index (χ1n) is 8.11. The Labute approximate surface area is 175 Å². The number of thiophene rings is 1. The van der Waals surface area contributed by atoms with Crippen LogP contribution in [-0.2, 0) is 10.0 Å². The lowest BCUT2D eigenvalue weighted by molar-refractivity contribution is -0.385. The summed E-state index contributed by atoms with van der Waals surface area (Å²) in [6, 6.07) is 7.40. The number of nitrogens with zero attached hydrogens (tertiary/aromatic N) is 3. The third-order valence-corrected chi connectivity index (χ3v) is 8.62. The van der Waals surface area contributed by atoms with Gasteiger partial charge in [-0.15, -0.1) is 23.1 Å². The van der Waals surface area contributed by atoms with Gasteiger partial charge >= 0.3 is 0 Å². The lowest BCUT2D eigenvalue weighted by Gasteiger charge is -2.33. The van der Waals surface area contributed by atoms with Crippen molar-refractivity contribution in [1.82, 2.24) is 9.21 Å². The summed E-state index contributed by atoms with van der Waals surface area (Å²) < 4.78 is 27.1. The number of piperazine rings is 1. The maximum absolute atomic E-state index is 12.9. The molecule has 0 unspecified atom stereocenters. The van der Waals surface area contributed by atoms with Crippen LogP contribution in [-0.4, -0.2) is 60.9 Å². The van der Waals surface area contributed by atoms with Crippen LogP contribution >= 0.6 is 34.7 Å². The quantitative estimate of drug-likeness (QED) is 0.385. The normalized spacial score (nSPS) is 15.6. The fourth-order valence-corrected chi connectivity index (χ4v) is 6.34. The number of halogens is 1. The number of rotatable bonds is 5. The number of nitro groups is 1. The number of hydrogen-bond donors (Lipinski definition) is 0. The summed E-state index contributed by atoms with van der Waals surface area (Å²) in [7, 11) is -3.67. The number of carbonyl (C=O) groups excluding carboxylic acids is 1. The second-order valence-corrected chi connectivity index (χ2v) is 10.7. The summed E-state index contributed by atoms with van der Waals surface area (Å²) in [6.07, 6.45) is 1.82. The predicted octanol–water partition coefficient (Wildman–Crippen LogP) is 3.18. The molecule has 1 aromatic carbocycles. The first-order valence-corrected chi connectivity index (χ1v) is 12.0. The van der Waals surface area contributed by atoms with Gasteiger partial charge in [0.25, 0.3) is 21.6 Å². The molecule has 0 N–H and O–H groups in total. The molecule has 150 valence electrons. The molecule has 0 aliphatic carbocycles. The summed E-state index contributed by atoms with van der Waals surface area (Å²) in [5.74, 6) is -0.473. The minimum Gasteiger partial charge on any atom is -0.336 e. The minimum atomic E-state index is -3.67. The van der Waals surface area contributed by atoms with Gasteiger partial charge in [-0.1, -0.05) is 11.6 Å². The van der Waals surface area contributed by atoms with E-state index in [1.54, 1.807) is 6.07 Å². The molecule has 1 fully saturated rings. The number of thioether (sulfide) groups is 1. The largest absolute Gasteiger partial charge is 0.336 e. The summed E-state index contributed by atoms with van der Waals surface area (Å²) in [4.78, 5) is 25.7. The van der Waals surface area contributed by atoms with E-state index in [4.69, 9.17) is 11.6 Å². The highest BCUT2D eigenvalue weighted by Crippen LogP contribution is 2.30. The number of hydrogen-bond acceptors (Lipinski definition) is 7. The van der Waals surface area contributed by atoms with Crippen LogP contribution in [0.4, 0.5) is 5.69 Å². The molecule has 0 bridgehead atoms. The van der Waals surface area contributed by atoms with Gasteiger partial charge in [0, 0.05) is 37.1 Å². The molecule has 1 saturated heterocycles. The number of sulfonamides is 1. The zero-order valence-corrected chi connectivity index (χ0v) is 17.9. The first-order chi connectivity index (χ1) is 13.2. The number of benzene rings is 1. The third kappa shape index (κ3) is 4.18. The molecule has 0 radical (unpaired) electrons. The molecule has 0 atom stereocenters. The molecule has 0 spiro atoms. The van der Waals surface area contributed by atoms with E-state index >= 15 is 0 Å². The fraction of sp³-hybridized carbons (Fsp3) is 0.312. The molecule has 0 saturated carbocycles. The zero-order valence-electron chi connectivity index (χ0n) is 14.7. The van der Waals surface area contributed by atoms with E-state index in [1.165, 1.54) is 45.2 Å². The summed E-state index contributed by atoms with van der Waals surface area (Å²) in [6.45, 7) is 0.523. The molecule has 2 aromatic rings. The van der Waals surface area contributed by atoms with Crippen molar-refractivity contribution in [2.45, 2.75) is 9.10 Å². The van der Waals surface area contributed by atoms with Crippen molar-refractivity contribution < 1.29 is 18.1 Å². The fourth-order valence-electron chi connectivity index (χ4n) is 2.84. The van der Waals surface area contributed by atoms with E-state index in [0.717, 1.165) is 16.2 Å². The monoisotopic (exact) mass is 461 g/mol. The number of nitro benzene ring substituents is 1. The second-order valence-electron chi connectivity index (χ2n) is 5.90. The van der Waals surface area contributed by atoms with Crippen molar-refractivity contribution >= 4 is 56.3 Å². The highest BCUT2D eigenvalue weighted by atomic mass is 35.5. The predicted molar refractivity (Wildman–Crippen MR) is 109 cm³/mol. The number of amides is 1. The molecule has 1 amide bonds. The minimum absolute atomic E-state index is 0.0122. The van der Waals surface area contributed by atoms with Gasteiger partial charge in [0.2, 0.25) is 0 Å². The molecule has 2 heterocycles. The van der Waals surface area contributed by atoms with E-state index in [-0.39, 0.29) is 41.6 Å². The van der Waals surface area contributed by atoms with Crippen molar-refractivity contribution in [3.05, 3.63) is 50.3 Å². The second kappa shape index (κ2) is 8.37. The van der Waals surface area contributed by atoms with Crippen molar-refractivity contribution in [2.24, 2.45) is 0 Å². The van der Waals surface area contributed by atoms with Gasteiger partial charge in [0.05, 0.1) is 9.26 Å². The Morgan fingerprint density at radius 1 is 1.21 bits per heavy atom. The smallest absolute Gasteiger partial charge is 0.282 e. The van der Waals surface area contributed by atoms with E-state index in [0.29, 0.717) is 4.34 Å². The molecule has 1 aromatic heterocycles. The Morgan fingerprint density at radius 2 is 1.89 bits per heavy atom. The zero-order chi connectivity index (χ0) is 20.5. The first kappa shape index (κ1) is 21.1. The lowest BCUT2D eigenvalue weighted by atomic mass is 10.1. The van der Waals surface area contributed by atoms with Gasteiger partial charge in [-0.2, -0.15) is 4.31 Å². The van der Waals surface area contributed by atoms with Crippen LogP contribution in [0.1, 0.15) is 10.4 Å². The Balaban J connectivity index is 1.77. The lowest BCUT2D eigenvalue weighted by Crippen LogP contribution is -2.50. The molecule has 8 nitrogen and oxygen atoms in total. The molecule has 1 aliphatic rings. The topological polar surface area (TPSA) is 101 Å². The Bertz CT molecular complexity index is 1020. The Hall–Kier alpha value is -1.66. The van der Waals surface area contributed by atoms with Gasteiger partial charge in [-0.05, 0) is 30.5 Å². The van der Waals surface area contributed by atoms with Crippen LogP contribution in [0.3, 0.4) is 0 Å². The van der Waals surface area contributed by atoms with Crippen LogP contribution in [0.5, 0.6) is 0 Å². The average Bonchev–Trinajstić information content (AvgIpc) is 3.14. The maximum Gasteiger partial charge on any atom is 0.282 e. The summed E-state index contributed by atoms with van der Waals surface area (Å²) >= 11 is 8.19. The SMILES string of the molecule is CSc1ccc([N+](=O)[O-])c(C(=O)N2CCN(S(=O)(=O)c3ccc(Cl)s3)CC2)c1. The third-order valence-electron chi connectivity index (χ3n) is 4.30. The molecule has 12 heteroatoms. The highest BCUT2D eigenvalue weighted by Gasteiger charge is 2.33. The van der Waals surface area contributed by atoms with Crippen molar-refractivity contribution in [3.63, 3.8) is 0 Å². The Morgan fingerprint density at radius 3 is 2.43 bits per heavy atom. The van der Waals surface area contributed by atoms with Crippen molar-refractivity contribution in [3.8, 4) is 0 Å². The van der Waals surface area contributed by atoms with Gasteiger partial charge < -0.3 is 4.90 Å². The van der Waals surface area contributed by atoms with Gasteiger partial charge in [0.1, 0.15) is 9.77 Å². The van der Waals surface area contributed by atoms with Crippen molar-refractivity contribution in [2.75, 3.05) is 32.4 Å². The van der Waals surface area contributed by atoms with Gasteiger partial charge in [-0.3, -0.25) is 14.9 Å². The van der Waals surface area contributed by atoms with Crippen LogP contribution in [0, 0.1) is 10.1 Å². The van der Waals surface area contributed by atoms with Crippen LogP contribution in [0.15, 0.2) is 39.4 Å². The summed E-state index contributed by atoms with van der Waals surface area (Å²) in [5.41, 5.74) is -0.246. The maximum atomic E-state index is 12.9. The van der Waals surface area contributed by atoms with E-state index < -0.39 is 20.9 Å². The molecule has 28 heavy (non-hydrogen) atoms. The van der Waals surface area contributed by atoms with Crippen LogP contribution in [0.2, 0.25) is 4.34 Å². The highest BCUT2D eigenvalue weighted by molar-refractivity contribution is 7.98. The standard InChI is InChI=1S/C16H16ClN3O5S3/c1-26-11-2-3-13(20(22)23)12(10-11)16(21)18-6-8-19(9-7-18)28(24,25)15-5-4-14(17)27-15/h2-5,10H,6-9H2,1H3. The molecular formula is C16H16ClN3O5S3. The van der Waals surface area contributed by atoms with Crippen LogP contribution in [0.25, 0.3) is 0 Å². The van der Waals surface area contributed by atoms with E-state index in [2.05, 4.69) is 0 Å². The Kier molecular flexibility index (Phi) is 6.30. The summed E-state index contributed by atoms with van der Waals surface area (Å²) in [5, 5.41) is 11.3. The molecule has 1 aliphatic heterocycles. The van der Waals surface area contributed by atoms with Gasteiger partial charge in [-0.25, -0.2) is 8.42 Å². The number of carbonyl (C=O) groups is 1. The van der Waals surface area contributed by atoms with E-state index in [1.807, 2.05) is 6.26 Å². The molecule has 3 rings (SSSR count).